The summed E-state index contributed by atoms with van der Waals surface area (Å²) >= 11 is 0. The van der Waals surface area contributed by atoms with E-state index in [-0.39, 0.29) is 17.5 Å². The second-order valence-electron chi connectivity index (χ2n) is 2.50. The van der Waals surface area contributed by atoms with Crippen molar-refractivity contribution >= 4 is 24.8 Å². The summed E-state index contributed by atoms with van der Waals surface area (Å²) in [5, 5.41) is 0. The van der Waals surface area contributed by atoms with Gasteiger partial charge in [-0.25, -0.2) is 8.78 Å². The molecule has 0 heterocycles. The Hall–Kier alpha value is -1.84. The lowest BCUT2D eigenvalue weighted by Gasteiger charge is -2.04. The third-order valence-electron chi connectivity index (χ3n) is 1.76. The zero-order chi connectivity index (χ0) is 10.7. The van der Waals surface area contributed by atoms with Gasteiger partial charge in [-0.2, -0.15) is 0 Å². The first-order chi connectivity index (χ1) is 6.65. The molecule has 0 saturated carbocycles. The largest absolute Gasteiger partial charge is 0.298 e. The van der Waals surface area contributed by atoms with Crippen LogP contribution in [0.25, 0.3) is 6.08 Å². The van der Waals surface area contributed by atoms with Gasteiger partial charge < -0.3 is 0 Å². The molecule has 0 aliphatic carbocycles. The van der Waals surface area contributed by atoms with Crippen molar-refractivity contribution in [1.29, 1.82) is 0 Å². The number of aldehydes is 1. The minimum Gasteiger partial charge on any atom is -0.298 e. The summed E-state index contributed by atoms with van der Waals surface area (Å²) in [6.07, 6.45) is 1.27. The van der Waals surface area contributed by atoms with Gasteiger partial charge >= 0.3 is 0 Å². The molecule has 2 nitrogen and oxygen atoms in total. The fourth-order valence-corrected chi connectivity index (χ4v) is 1.07. The average molecular weight is 195 g/mol. The number of rotatable bonds is 3. The summed E-state index contributed by atoms with van der Waals surface area (Å²) < 4.78 is 26.4. The maximum absolute atomic E-state index is 13.4. The van der Waals surface area contributed by atoms with Crippen LogP contribution in [0.15, 0.2) is 17.6 Å². The molecule has 0 saturated heterocycles. The molecule has 1 aromatic carbocycles. The van der Waals surface area contributed by atoms with Gasteiger partial charge in [-0.3, -0.25) is 9.79 Å². The third-order valence-corrected chi connectivity index (χ3v) is 1.76. The molecule has 0 fully saturated rings. The Morgan fingerprint density at radius 3 is 2.43 bits per heavy atom. The van der Waals surface area contributed by atoms with E-state index in [1.165, 1.54) is 0 Å². The zero-order valence-electron chi connectivity index (χ0n) is 7.26. The highest BCUT2D eigenvalue weighted by atomic mass is 19.1. The summed E-state index contributed by atoms with van der Waals surface area (Å²) in [7, 11) is 0. The van der Waals surface area contributed by atoms with Crippen LogP contribution in [0.2, 0.25) is 0 Å². The van der Waals surface area contributed by atoms with Gasteiger partial charge in [0.2, 0.25) is 0 Å². The molecule has 4 heteroatoms. The highest BCUT2D eigenvalue weighted by Crippen LogP contribution is 2.27. The number of hydrogen-bond donors (Lipinski definition) is 0. The number of aliphatic imine (C=N–C) groups is 1. The van der Waals surface area contributed by atoms with Crippen molar-refractivity contribution in [1.82, 2.24) is 0 Å². The molecule has 0 bridgehead atoms. The van der Waals surface area contributed by atoms with E-state index >= 15 is 0 Å². The molecule has 0 aliphatic heterocycles. The first-order valence-electron chi connectivity index (χ1n) is 3.72. The molecule has 0 spiro atoms. The van der Waals surface area contributed by atoms with E-state index in [1.54, 1.807) is 0 Å². The van der Waals surface area contributed by atoms with Gasteiger partial charge in [0.15, 0.2) is 6.29 Å². The lowest BCUT2D eigenvalue weighted by molar-refractivity contribution is 0.111. The zero-order valence-corrected chi connectivity index (χ0v) is 7.26. The molecular weight excluding hydrogens is 188 g/mol. The van der Waals surface area contributed by atoms with Crippen molar-refractivity contribution in [2.24, 2.45) is 4.99 Å². The summed E-state index contributed by atoms with van der Waals surface area (Å²) in [5.41, 5.74) is -0.614. The smallest absolute Gasteiger partial charge is 0.155 e. The van der Waals surface area contributed by atoms with Crippen LogP contribution >= 0.6 is 0 Å². The number of nitrogens with zero attached hydrogens (tertiary/aromatic N) is 1. The van der Waals surface area contributed by atoms with Gasteiger partial charge in [0.05, 0.1) is 11.3 Å². The maximum atomic E-state index is 13.4. The molecular formula is C10H7F2NO. The predicted molar refractivity (Wildman–Crippen MR) is 51.0 cm³/mol. The number of carbonyl (C=O) groups is 1. The van der Waals surface area contributed by atoms with Gasteiger partial charge in [-0.15, -0.1) is 0 Å². The van der Waals surface area contributed by atoms with Crippen molar-refractivity contribution in [2.45, 2.75) is 0 Å². The summed E-state index contributed by atoms with van der Waals surface area (Å²) in [6.45, 7) is 6.50. The lowest BCUT2D eigenvalue weighted by atomic mass is 10.1. The summed E-state index contributed by atoms with van der Waals surface area (Å²) in [5.74, 6) is -1.91. The van der Waals surface area contributed by atoms with E-state index in [1.807, 2.05) is 0 Å². The van der Waals surface area contributed by atoms with E-state index in [2.05, 4.69) is 18.3 Å². The minimum absolute atomic E-state index is 0.0245. The van der Waals surface area contributed by atoms with Crippen LogP contribution in [0.4, 0.5) is 14.5 Å². The molecule has 0 atom stereocenters. The Bertz CT molecular complexity index is 413. The van der Waals surface area contributed by atoms with Crippen molar-refractivity contribution in [3.8, 4) is 0 Å². The third kappa shape index (κ3) is 1.46. The molecule has 0 unspecified atom stereocenters. The SMILES string of the molecule is C=Cc1c(N=C)cc(F)c(C=O)c1F. The van der Waals surface area contributed by atoms with E-state index in [9.17, 15) is 13.6 Å². The normalized spacial score (nSPS) is 9.57. The minimum atomic E-state index is -0.961. The average Bonchev–Trinajstić information content (AvgIpc) is 2.17. The molecule has 0 amide bonds. The Balaban J connectivity index is 3.62. The van der Waals surface area contributed by atoms with Gasteiger partial charge in [0, 0.05) is 11.6 Å². The van der Waals surface area contributed by atoms with Gasteiger partial charge in [-0.1, -0.05) is 12.7 Å². The first kappa shape index (κ1) is 10.2. The van der Waals surface area contributed by atoms with E-state index < -0.39 is 17.2 Å². The number of hydrogen-bond acceptors (Lipinski definition) is 2. The van der Waals surface area contributed by atoms with Gasteiger partial charge in [-0.05, 0) is 6.72 Å². The standard InChI is InChI=1S/C10H7F2NO/c1-3-6-9(13-2)4-8(11)7(5-14)10(6)12/h3-5H,1-2H2. The number of halogens is 2. The maximum Gasteiger partial charge on any atom is 0.155 e. The monoisotopic (exact) mass is 195 g/mol. The molecule has 14 heavy (non-hydrogen) atoms. The van der Waals surface area contributed by atoms with Gasteiger partial charge in [0.1, 0.15) is 11.6 Å². The Morgan fingerprint density at radius 2 is 2.00 bits per heavy atom. The van der Waals surface area contributed by atoms with E-state index in [4.69, 9.17) is 0 Å². The summed E-state index contributed by atoms with van der Waals surface area (Å²) in [4.78, 5) is 13.8. The molecule has 1 aromatic rings. The van der Waals surface area contributed by atoms with Crippen LogP contribution in [0.5, 0.6) is 0 Å². The molecule has 0 aromatic heterocycles. The van der Waals surface area contributed by atoms with Crippen LogP contribution in [0.3, 0.4) is 0 Å². The second-order valence-corrected chi connectivity index (χ2v) is 2.50. The molecule has 0 aliphatic rings. The van der Waals surface area contributed by atoms with Crippen LogP contribution in [-0.2, 0) is 0 Å². The quantitative estimate of drug-likeness (QED) is 0.538. The van der Waals surface area contributed by atoms with Crippen LogP contribution in [-0.4, -0.2) is 13.0 Å². The second kappa shape index (κ2) is 3.91. The van der Waals surface area contributed by atoms with Crippen molar-refractivity contribution in [2.75, 3.05) is 0 Å². The Labute approximate surface area is 79.6 Å². The van der Waals surface area contributed by atoms with Crippen LogP contribution < -0.4 is 0 Å². The van der Waals surface area contributed by atoms with Crippen molar-refractivity contribution < 1.29 is 13.6 Å². The molecule has 72 valence electrons. The van der Waals surface area contributed by atoms with E-state index in [0.717, 1.165) is 12.1 Å². The molecule has 0 N–H and O–H groups in total. The fraction of sp³-hybridized carbons (Fsp3) is 0. The molecule has 1 rings (SSSR count). The Kier molecular flexibility index (Phi) is 2.86. The van der Waals surface area contributed by atoms with Crippen LogP contribution in [0.1, 0.15) is 15.9 Å². The van der Waals surface area contributed by atoms with Crippen molar-refractivity contribution in [3.05, 3.63) is 35.4 Å². The fourth-order valence-electron chi connectivity index (χ4n) is 1.07. The van der Waals surface area contributed by atoms with Crippen LogP contribution in [0, 0.1) is 11.6 Å². The van der Waals surface area contributed by atoms with Crippen molar-refractivity contribution in [3.63, 3.8) is 0 Å². The van der Waals surface area contributed by atoms with E-state index in [0.29, 0.717) is 0 Å². The highest BCUT2D eigenvalue weighted by molar-refractivity contribution is 5.80. The first-order valence-corrected chi connectivity index (χ1v) is 3.72. The molecule has 0 radical (unpaired) electrons. The number of benzene rings is 1. The topological polar surface area (TPSA) is 29.4 Å². The highest BCUT2D eigenvalue weighted by Gasteiger charge is 2.15. The van der Waals surface area contributed by atoms with Gasteiger partial charge in [0.25, 0.3) is 0 Å². The lowest BCUT2D eigenvalue weighted by Crippen LogP contribution is -1.96. The predicted octanol–water partition coefficient (Wildman–Crippen LogP) is 2.75. The Morgan fingerprint density at radius 1 is 1.36 bits per heavy atom. The number of carbonyl (C=O) groups excluding carboxylic acids is 1. The summed E-state index contributed by atoms with van der Waals surface area (Å²) in [6, 6.07) is 0.941.